The minimum Gasteiger partial charge on any atom is -0.351 e. The Morgan fingerprint density at radius 1 is 1.25 bits per heavy atom. The summed E-state index contributed by atoms with van der Waals surface area (Å²) in [6.07, 6.45) is 0. The van der Waals surface area contributed by atoms with E-state index in [1.165, 1.54) is 24.3 Å². The van der Waals surface area contributed by atoms with E-state index in [1.54, 1.807) is 0 Å². The summed E-state index contributed by atoms with van der Waals surface area (Å²) >= 11 is 0. The maximum Gasteiger partial charge on any atom is 0.251 e. The molecule has 0 spiro atoms. The third-order valence-electron chi connectivity index (χ3n) is 1.87. The maximum absolute atomic E-state index is 11.4. The zero-order chi connectivity index (χ0) is 12.2. The molecular formula is C9H13N3O3S. The number of primary sulfonamides is 1. The highest BCUT2D eigenvalue weighted by molar-refractivity contribution is 7.89. The molecule has 0 fully saturated rings. The Balaban J connectivity index is 2.83. The number of rotatable bonds is 4. The highest BCUT2D eigenvalue weighted by Crippen LogP contribution is 2.08. The van der Waals surface area contributed by atoms with Crippen molar-refractivity contribution in [2.24, 2.45) is 10.9 Å². The molecular weight excluding hydrogens is 230 g/mol. The van der Waals surface area contributed by atoms with Crippen molar-refractivity contribution in [3.05, 3.63) is 29.8 Å². The number of nitrogens with one attached hydrogen (secondary N) is 1. The molecule has 0 bridgehead atoms. The molecule has 0 aliphatic carbocycles. The fourth-order valence-corrected chi connectivity index (χ4v) is 1.60. The molecule has 88 valence electrons. The van der Waals surface area contributed by atoms with Gasteiger partial charge < -0.3 is 11.1 Å². The predicted molar refractivity (Wildman–Crippen MR) is 59.2 cm³/mol. The first kappa shape index (κ1) is 12.6. The first-order valence-electron chi connectivity index (χ1n) is 4.56. The van der Waals surface area contributed by atoms with E-state index in [4.69, 9.17) is 10.9 Å². The van der Waals surface area contributed by atoms with Crippen molar-refractivity contribution in [1.82, 2.24) is 5.32 Å². The molecule has 1 aromatic carbocycles. The molecule has 1 rings (SSSR count). The second-order valence-corrected chi connectivity index (χ2v) is 4.68. The zero-order valence-electron chi connectivity index (χ0n) is 8.51. The smallest absolute Gasteiger partial charge is 0.251 e. The third-order valence-corrected chi connectivity index (χ3v) is 2.80. The molecule has 0 radical (unpaired) electrons. The SMILES string of the molecule is NCCNC(=O)c1ccc(S(N)(=O)=O)cc1. The second kappa shape index (κ2) is 5.06. The van der Waals surface area contributed by atoms with Gasteiger partial charge in [-0.1, -0.05) is 0 Å². The van der Waals surface area contributed by atoms with Crippen molar-refractivity contribution in [3.63, 3.8) is 0 Å². The van der Waals surface area contributed by atoms with Crippen molar-refractivity contribution in [3.8, 4) is 0 Å². The molecule has 5 N–H and O–H groups in total. The van der Waals surface area contributed by atoms with Gasteiger partial charge in [-0.2, -0.15) is 0 Å². The van der Waals surface area contributed by atoms with Crippen LogP contribution in [0.4, 0.5) is 0 Å². The lowest BCUT2D eigenvalue weighted by Crippen LogP contribution is -2.29. The summed E-state index contributed by atoms with van der Waals surface area (Å²) in [6, 6.07) is 5.36. The lowest BCUT2D eigenvalue weighted by atomic mass is 10.2. The molecule has 0 aliphatic rings. The summed E-state index contributed by atoms with van der Waals surface area (Å²) in [5.74, 6) is -0.300. The fourth-order valence-electron chi connectivity index (χ4n) is 1.08. The van der Waals surface area contributed by atoms with Crippen LogP contribution in [-0.4, -0.2) is 27.4 Å². The van der Waals surface area contributed by atoms with Crippen LogP contribution < -0.4 is 16.2 Å². The van der Waals surface area contributed by atoms with Gasteiger partial charge in [-0.15, -0.1) is 0 Å². The van der Waals surface area contributed by atoms with E-state index < -0.39 is 10.0 Å². The van der Waals surface area contributed by atoms with Crippen molar-refractivity contribution in [2.45, 2.75) is 4.90 Å². The van der Waals surface area contributed by atoms with Crippen molar-refractivity contribution >= 4 is 15.9 Å². The first-order chi connectivity index (χ1) is 7.45. The summed E-state index contributed by atoms with van der Waals surface area (Å²) in [5.41, 5.74) is 5.59. The van der Waals surface area contributed by atoms with Gasteiger partial charge in [-0.3, -0.25) is 4.79 Å². The number of hydrogen-bond donors (Lipinski definition) is 3. The lowest BCUT2D eigenvalue weighted by Gasteiger charge is -2.04. The number of carbonyl (C=O) groups excluding carboxylic acids is 1. The van der Waals surface area contributed by atoms with E-state index in [0.717, 1.165) is 0 Å². The van der Waals surface area contributed by atoms with Gasteiger partial charge in [0.05, 0.1) is 4.90 Å². The molecule has 16 heavy (non-hydrogen) atoms. The Kier molecular flexibility index (Phi) is 3.99. The summed E-state index contributed by atoms with van der Waals surface area (Å²) in [6.45, 7) is 0.719. The van der Waals surface area contributed by atoms with Gasteiger partial charge in [0.1, 0.15) is 0 Å². The Hall–Kier alpha value is -1.44. The van der Waals surface area contributed by atoms with Crippen LogP contribution in [0.15, 0.2) is 29.2 Å². The Morgan fingerprint density at radius 3 is 2.25 bits per heavy atom. The minimum absolute atomic E-state index is 0.0251. The molecule has 7 heteroatoms. The van der Waals surface area contributed by atoms with Gasteiger partial charge in [0.25, 0.3) is 5.91 Å². The van der Waals surface area contributed by atoms with Gasteiger partial charge in [0.2, 0.25) is 10.0 Å². The molecule has 0 saturated carbocycles. The normalized spacial score (nSPS) is 11.1. The molecule has 6 nitrogen and oxygen atoms in total. The van der Waals surface area contributed by atoms with Crippen LogP contribution in [0.2, 0.25) is 0 Å². The maximum atomic E-state index is 11.4. The predicted octanol–water partition coefficient (Wildman–Crippen LogP) is -0.977. The lowest BCUT2D eigenvalue weighted by molar-refractivity contribution is 0.0954. The number of benzene rings is 1. The van der Waals surface area contributed by atoms with E-state index in [2.05, 4.69) is 5.32 Å². The standard InChI is InChI=1S/C9H13N3O3S/c10-5-6-12-9(13)7-1-3-8(4-2-7)16(11,14)15/h1-4H,5-6,10H2,(H,12,13)(H2,11,14,15). The monoisotopic (exact) mass is 243 g/mol. The van der Waals surface area contributed by atoms with Crippen LogP contribution in [0.3, 0.4) is 0 Å². The summed E-state index contributed by atoms with van der Waals surface area (Å²) in [4.78, 5) is 11.4. The van der Waals surface area contributed by atoms with E-state index >= 15 is 0 Å². The molecule has 0 atom stereocenters. The fraction of sp³-hybridized carbons (Fsp3) is 0.222. The Bertz CT molecular complexity index is 467. The number of hydrogen-bond acceptors (Lipinski definition) is 4. The van der Waals surface area contributed by atoms with E-state index in [1.807, 2.05) is 0 Å². The number of carbonyl (C=O) groups is 1. The van der Waals surface area contributed by atoms with Crippen molar-refractivity contribution < 1.29 is 13.2 Å². The van der Waals surface area contributed by atoms with E-state index in [0.29, 0.717) is 18.7 Å². The highest BCUT2D eigenvalue weighted by Gasteiger charge is 2.09. The Morgan fingerprint density at radius 2 is 1.81 bits per heavy atom. The minimum atomic E-state index is -3.71. The van der Waals surface area contributed by atoms with Gasteiger partial charge in [0.15, 0.2) is 0 Å². The van der Waals surface area contributed by atoms with Crippen LogP contribution in [0.1, 0.15) is 10.4 Å². The molecule has 0 saturated heterocycles. The number of nitrogens with two attached hydrogens (primary N) is 2. The van der Waals surface area contributed by atoms with Crippen LogP contribution in [-0.2, 0) is 10.0 Å². The second-order valence-electron chi connectivity index (χ2n) is 3.11. The quantitative estimate of drug-likeness (QED) is 0.630. The summed E-state index contributed by atoms with van der Waals surface area (Å²) in [7, 11) is -3.71. The largest absolute Gasteiger partial charge is 0.351 e. The van der Waals surface area contributed by atoms with E-state index in [9.17, 15) is 13.2 Å². The summed E-state index contributed by atoms with van der Waals surface area (Å²) in [5, 5.41) is 7.48. The average Bonchev–Trinajstić information content (AvgIpc) is 2.25. The third kappa shape index (κ3) is 3.30. The van der Waals surface area contributed by atoms with Gasteiger partial charge in [-0.05, 0) is 24.3 Å². The van der Waals surface area contributed by atoms with Crippen molar-refractivity contribution in [2.75, 3.05) is 13.1 Å². The molecule has 0 aliphatic heterocycles. The van der Waals surface area contributed by atoms with Crippen LogP contribution in [0, 0.1) is 0 Å². The van der Waals surface area contributed by atoms with Crippen molar-refractivity contribution in [1.29, 1.82) is 0 Å². The topological polar surface area (TPSA) is 115 Å². The summed E-state index contributed by atoms with van der Waals surface area (Å²) < 4.78 is 21.9. The number of amides is 1. The highest BCUT2D eigenvalue weighted by atomic mass is 32.2. The first-order valence-corrected chi connectivity index (χ1v) is 6.11. The van der Waals surface area contributed by atoms with Gasteiger partial charge >= 0.3 is 0 Å². The Labute approximate surface area is 93.7 Å². The van der Waals surface area contributed by atoms with Crippen LogP contribution >= 0.6 is 0 Å². The zero-order valence-corrected chi connectivity index (χ0v) is 9.33. The van der Waals surface area contributed by atoms with E-state index in [-0.39, 0.29) is 10.8 Å². The van der Waals surface area contributed by atoms with Crippen LogP contribution in [0.5, 0.6) is 0 Å². The molecule has 1 amide bonds. The van der Waals surface area contributed by atoms with Gasteiger partial charge in [0, 0.05) is 18.7 Å². The molecule has 1 aromatic rings. The molecule has 0 aromatic heterocycles. The molecule has 0 unspecified atom stereocenters. The van der Waals surface area contributed by atoms with Crippen LogP contribution in [0.25, 0.3) is 0 Å². The average molecular weight is 243 g/mol. The molecule has 0 heterocycles. The number of sulfonamides is 1. The van der Waals surface area contributed by atoms with Gasteiger partial charge in [-0.25, -0.2) is 13.6 Å².